The van der Waals surface area contributed by atoms with Crippen LogP contribution < -0.4 is 10.6 Å². The molecule has 3 aromatic rings. The van der Waals surface area contributed by atoms with E-state index in [1.54, 1.807) is 4.68 Å². The minimum atomic E-state index is -0.484. The van der Waals surface area contributed by atoms with Gasteiger partial charge in [-0.2, -0.15) is 4.98 Å². The zero-order chi connectivity index (χ0) is 19.7. The predicted molar refractivity (Wildman–Crippen MR) is 113 cm³/mol. The highest BCUT2D eigenvalue weighted by atomic mass is 35.5. The van der Waals surface area contributed by atoms with Crippen LogP contribution in [-0.4, -0.2) is 26.9 Å². The lowest BCUT2D eigenvalue weighted by Gasteiger charge is -2.29. The van der Waals surface area contributed by atoms with Gasteiger partial charge in [-0.15, -0.1) is 5.10 Å². The highest BCUT2D eigenvalue weighted by Gasteiger charge is 2.35. The lowest BCUT2D eigenvalue weighted by atomic mass is 9.95. The van der Waals surface area contributed by atoms with Crippen molar-refractivity contribution in [3.05, 3.63) is 76.5 Å². The number of benzene rings is 2. The molecule has 0 bridgehead atoms. The third kappa shape index (κ3) is 3.39. The van der Waals surface area contributed by atoms with E-state index < -0.39 is 6.04 Å². The monoisotopic (exact) mass is 411 g/mol. The first-order valence-corrected chi connectivity index (χ1v) is 10.3. The number of fused-ring (bicyclic) bond motifs is 1. The third-order valence-electron chi connectivity index (χ3n) is 4.49. The second-order valence-corrected chi connectivity index (χ2v) is 7.46. The molecule has 6 nitrogen and oxygen atoms in total. The van der Waals surface area contributed by atoms with Crippen molar-refractivity contribution < 1.29 is 4.79 Å². The molecule has 0 spiro atoms. The molecule has 1 aliphatic rings. The van der Waals surface area contributed by atoms with Crippen LogP contribution in [0.25, 0.3) is 0 Å². The molecule has 0 saturated carbocycles. The zero-order valence-electron chi connectivity index (χ0n) is 15.3. The van der Waals surface area contributed by atoms with Crippen molar-refractivity contribution in [1.29, 1.82) is 0 Å². The van der Waals surface area contributed by atoms with Crippen molar-refractivity contribution in [2.75, 3.05) is 16.9 Å². The molecule has 0 radical (unpaired) electrons. The standard InChI is InChI=1S/C20H18ClN5OS/c1-12-16(18(27)23-13-8-4-3-5-9-13)17(14-10-6-7-11-15(14)21)26-19(22-12)24-20(25-26)28-2/h3-11,17H,1-2H3,(H,23,27)(H,22,24,25)/t17-/m0/s1. The lowest BCUT2D eigenvalue weighted by Crippen LogP contribution is -2.31. The number of rotatable bonds is 4. The maximum Gasteiger partial charge on any atom is 0.255 e. The fourth-order valence-electron chi connectivity index (χ4n) is 3.22. The Balaban J connectivity index is 1.82. The summed E-state index contributed by atoms with van der Waals surface area (Å²) in [6.45, 7) is 1.86. The number of anilines is 2. The van der Waals surface area contributed by atoms with E-state index in [-0.39, 0.29) is 5.91 Å². The Labute approximate surface area is 172 Å². The number of para-hydroxylation sites is 1. The number of amides is 1. The Hall–Kier alpha value is -2.77. The first-order valence-electron chi connectivity index (χ1n) is 8.67. The van der Waals surface area contributed by atoms with Gasteiger partial charge in [0.05, 0.1) is 5.57 Å². The predicted octanol–water partition coefficient (Wildman–Crippen LogP) is 4.58. The zero-order valence-corrected chi connectivity index (χ0v) is 16.9. The number of nitrogens with one attached hydrogen (secondary N) is 2. The fraction of sp³-hybridized carbons (Fsp3) is 0.150. The molecule has 0 aliphatic carbocycles. The molecule has 0 unspecified atom stereocenters. The quantitative estimate of drug-likeness (QED) is 0.615. The van der Waals surface area contributed by atoms with Gasteiger partial charge < -0.3 is 10.6 Å². The van der Waals surface area contributed by atoms with Crippen LogP contribution >= 0.6 is 23.4 Å². The summed E-state index contributed by atoms with van der Waals surface area (Å²) in [5, 5.41) is 11.9. The fourth-order valence-corrected chi connectivity index (χ4v) is 3.80. The van der Waals surface area contributed by atoms with Gasteiger partial charge in [0.25, 0.3) is 5.91 Å². The van der Waals surface area contributed by atoms with Gasteiger partial charge in [0.1, 0.15) is 6.04 Å². The Morgan fingerprint density at radius 3 is 2.61 bits per heavy atom. The summed E-state index contributed by atoms with van der Waals surface area (Å²) in [5.41, 5.74) is 2.77. The average molecular weight is 412 g/mol. The van der Waals surface area contributed by atoms with Gasteiger partial charge in [0, 0.05) is 22.0 Å². The molecular weight excluding hydrogens is 394 g/mol. The summed E-state index contributed by atoms with van der Waals surface area (Å²) in [6, 6.07) is 16.4. The van der Waals surface area contributed by atoms with E-state index in [1.165, 1.54) is 11.8 Å². The first kappa shape index (κ1) is 18.6. The van der Waals surface area contributed by atoms with Crippen LogP contribution in [-0.2, 0) is 4.79 Å². The molecule has 2 aromatic carbocycles. The van der Waals surface area contributed by atoms with Gasteiger partial charge in [-0.05, 0) is 31.4 Å². The smallest absolute Gasteiger partial charge is 0.255 e. The molecule has 2 N–H and O–H groups in total. The molecular formula is C20H18ClN5OS. The molecule has 142 valence electrons. The van der Waals surface area contributed by atoms with E-state index in [0.717, 1.165) is 11.3 Å². The van der Waals surface area contributed by atoms with Crippen molar-refractivity contribution in [2.45, 2.75) is 18.1 Å². The number of nitrogens with zero attached hydrogens (tertiary/aromatic N) is 3. The van der Waals surface area contributed by atoms with E-state index in [9.17, 15) is 4.79 Å². The third-order valence-corrected chi connectivity index (χ3v) is 5.37. The van der Waals surface area contributed by atoms with Gasteiger partial charge in [-0.3, -0.25) is 4.79 Å². The summed E-state index contributed by atoms with van der Waals surface area (Å²) in [5.74, 6) is 0.371. The average Bonchev–Trinajstić information content (AvgIpc) is 3.11. The number of carbonyl (C=O) groups excluding carboxylic acids is 1. The second kappa shape index (κ2) is 7.69. The van der Waals surface area contributed by atoms with Gasteiger partial charge in [0.15, 0.2) is 0 Å². The Bertz CT molecular complexity index is 1060. The molecule has 0 saturated heterocycles. The molecule has 0 fully saturated rings. The van der Waals surface area contributed by atoms with Crippen molar-refractivity contribution >= 4 is 40.9 Å². The first-order chi connectivity index (χ1) is 13.6. The van der Waals surface area contributed by atoms with Crippen LogP contribution in [0.15, 0.2) is 71.0 Å². The Morgan fingerprint density at radius 1 is 1.18 bits per heavy atom. The molecule has 1 atom stereocenters. The Morgan fingerprint density at radius 2 is 1.89 bits per heavy atom. The van der Waals surface area contributed by atoms with Crippen LogP contribution in [0, 0.1) is 0 Å². The minimum Gasteiger partial charge on any atom is -0.328 e. The van der Waals surface area contributed by atoms with Gasteiger partial charge in [-0.25, -0.2) is 4.68 Å². The number of halogens is 1. The lowest BCUT2D eigenvalue weighted by molar-refractivity contribution is -0.113. The maximum absolute atomic E-state index is 13.2. The molecule has 1 aliphatic heterocycles. The molecule has 28 heavy (non-hydrogen) atoms. The van der Waals surface area contributed by atoms with E-state index in [1.807, 2.05) is 67.8 Å². The second-order valence-electron chi connectivity index (χ2n) is 6.27. The van der Waals surface area contributed by atoms with Gasteiger partial charge >= 0.3 is 0 Å². The van der Waals surface area contributed by atoms with Crippen molar-refractivity contribution in [2.24, 2.45) is 0 Å². The number of aromatic nitrogens is 3. The largest absolute Gasteiger partial charge is 0.328 e. The number of hydrogen-bond acceptors (Lipinski definition) is 5. The highest BCUT2D eigenvalue weighted by Crippen LogP contribution is 2.38. The van der Waals surface area contributed by atoms with E-state index >= 15 is 0 Å². The van der Waals surface area contributed by atoms with Crippen LogP contribution in [0.4, 0.5) is 11.6 Å². The van der Waals surface area contributed by atoms with Crippen LogP contribution in [0.5, 0.6) is 0 Å². The molecule has 2 heterocycles. The summed E-state index contributed by atoms with van der Waals surface area (Å²) < 4.78 is 1.72. The van der Waals surface area contributed by atoms with Crippen LogP contribution in [0.1, 0.15) is 18.5 Å². The van der Waals surface area contributed by atoms with E-state index in [4.69, 9.17) is 11.6 Å². The van der Waals surface area contributed by atoms with Gasteiger partial charge in [0.2, 0.25) is 11.1 Å². The minimum absolute atomic E-state index is 0.215. The summed E-state index contributed by atoms with van der Waals surface area (Å²) in [7, 11) is 0. The van der Waals surface area contributed by atoms with Crippen LogP contribution in [0.2, 0.25) is 5.02 Å². The summed E-state index contributed by atoms with van der Waals surface area (Å²) in [6.07, 6.45) is 1.91. The topological polar surface area (TPSA) is 71.8 Å². The van der Waals surface area contributed by atoms with E-state index in [0.29, 0.717) is 27.4 Å². The summed E-state index contributed by atoms with van der Waals surface area (Å²) in [4.78, 5) is 17.7. The van der Waals surface area contributed by atoms with E-state index in [2.05, 4.69) is 20.7 Å². The molecule has 4 rings (SSSR count). The number of hydrogen-bond donors (Lipinski definition) is 2. The molecule has 1 amide bonds. The number of allylic oxidation sites excluding steroid dienone is 1. The molecule has 8 heteroatoms. The SMILES string of the molecule is CSc1nc2n(n1)[C@@H](c1ccccc1Cl)C(C(=O)Nc1ccccc1)=C(C)N2. The van der Waals surface area contributed by atoms with Crippen LogP contribution in [0.3, 0.4) is 0 Å². The Kier molecular flexibility index (Phi) is 5.11. The van der Waals surface area contributed by atoms with Crippen molar-refractivity contribution in [3.8, 4) is 0 Å². The van der Waals surface area contributed by atoms with Crippen molar-refractivity contribution in [3.63, 3.8) is 0 Å². The summed E-state index contributed by atoms with van der Waals surface area (Å²) >= 11 is 7.94. The molecule has 1 aromatic heterocycles. The highest BCUT2D eigenvalue weighted by molar-refractivity contribution is 7.98. The maximum atomic E-state index is 13.2. The number of carbonyl (C=O) groups is 1. The van der Waals surface area contributed by atoms with Crippen molar-refractivity contribution in [1.82, 2.24) is 14.8 Å². The number of thioether (sulfide) groups is 1. The normalized spacial score (nSPS) is 15.8. The van der Waals surface area contributed by atoms with Gasteiger partial charge in [-0.1, -0.05) is 59.8 Å².